The van der Waals surface area contributed by atoms with E-state index in [4.69, 9.17) is 0 Å². The highest BCUT2D eigenvalue weighted by molar-refractivity contribution is 7.09. The zero-order valence-electron chi connectivity index (χ0n) is 12.3. The Morgan fingerprint density at radius 1 is 1.43 bits per heavy atom. The Labute approximate surface area is 128 Å². The molecule has 1 aliphatic carbocycles. The van der Waals surface area contributed by atoms with Gasteiger partial charge in [-0.05, 0) is 12.8 Å². The number of hydrogen-bond acceptors (Lipinski definition) is 4. The van der Waals surface area contributed by atoms with E-state index in [1.807, 2.05) is 12.3 Å². The van der Waals surface area contributed by atoms with Gasteiger partial charge < -0.3 is 10.4 Å². The van der Waals surface area contributed by atoms with Crippen LogP contribution >= 0.6 is 11.3 Å². The Bertz CT molecular complexity index is 481. The number of carbonyl (C=O) groups is 2. The molecule has 1 aliphatic rings. The van der Waals surface area contributed by atoms with Crippen LogP contribution in [0.5, 0.6) is 0 Å². The summed E-state index contributed by atoms with van der Waals surface area (Å²) in [6, 6.07) is 0. The minimum Gasteiger partial charge on any atom is -0.481 e. The van der Waals surface area contributed by atoms with E-state index in [0.717, 1.165) is 24.3 Å². The van der Waals surface area contributed by atoms with Crippen LogP contribution in [0.1, 0.15) is 56.4 Å². The van der Waals surface area contributed by atoms with Gasteiger partial charge in [0.05, 0.1) is 10.4 Å². The summed E-state index contributed by atoms with van der Waals surface area (Å²) >= 11 is 1.57. The predicted molar refractivity (Wildman–Crippen MR) is 81.3 cm³/mol. The SMILES string of the molecule is CC(CNC(=O)CC1(C(=O)O)CCCCC1)c1nccs1. The fourth-order valence-corrected chi connectivity index (χ4v) is 3.60. The summed E-state index contributed by atoms with van der Waals surface area (Å²) in [6.07, 6.45) is 5.92. The Hall–Kier alpha value is -1.43. The normalized spacial score (nSPS) is 18.9. The van der Waals surface area contributed by atoms with Gasteiger partial charge in [-0.1, -0.05) is 26.2 Å². The highest BCUT2D eigenvalue weighted by atomic mass is 32.1. The lowest BCUT2D eigenvalue weighted by Crippen LogP contribution is -2.39. The molecule has 0 aliphatic heterocycles. The van der Waals surface area contributed by atoms with E-state index in [0.29, 0.717) is 19.4 Å². The lowest BCUT2D eigenvalue weighted by Gasteiger charge is -2.32. The van der Waals surface area contributed by atoms with Crippen LogP contribution in [-0.2, 0) is 9.59 Å². The summed E-state index contributed by atoms with van der Waals surface area (Å²) in [5.41, 5.74) is -0.854. The molecular formula is C15H22N2O3S. The van der Waals surface area contributed by atoms with E-state index < -0.39 is 11.4 Å². The maximum absolute atomic E-state index is 12.1. The summed E-state index contributed by atoms with van der Waals surface area (Å²) in [4.78, 5) is 27.9. The number of aliphatic carboxylic acids is 1. The average molecular weight is 310 g/mol. The number of carboxylic acid groups (broad SMARTS) is 1. The van der Waals surface area contributed by atoms with Crippen molar-refractivity contribution in [3.63, 3.8) is 0 Å². The van der Waals surface area contributed by atoms with E-state index in [1.165, 1.54) is 0 Å². The third kappa shape index (κ3) is 4.03. The number of rotatable bonds is 6. The molecule has 0 radical (unpaired) electrons. The van der Waals surface area contributed by atoms with Crippen LogP contribution in [0.3, 0.4) is 0 Å². The van der Waals surface area contributed by atoms with Gasteiger partial charge >= 0.3 is 5.97 Å². The minimum atomic E-state index is -0.854. The minimum absolute atomic E-state index is 0.0902. The summed E-state index contributed by atoms with van der Waals surface area (Å²) in [5.74, 6) is -0.839. The molecule has 6 heteroatoms. The second-order valence-corrected chi connectivity index (χ2v) is 6.82. The van der Waals surface area contributed by atoms with Gasteiger partial charge in [-0.15, -0.1) is 11.3 Å². The Kier molecular flexibility index (Phi) is 5.33. The van der Waals surface area contributed by atoms with Crippen molar-refractivity contribution in [1.82, 2.24) is 10.3 Å². The first-order chi connectivity index (χ1) is 10.0. The van der Waals surface area contributed by atoms with Crippen LogP contribution < -0.4 is 5.32 Å². The number of amides is 1. The van der Waals surface area contributed by atoms with Gasteiger partial charge in [0.25, 0.3) is 0 Å². The van der Waals surface area contributed by atoms with Gasteiger partial charge in [0.2, 0.25) is 5.91 Å². The van der Waals surface area contributed by atoms with Crippen molar-refractivity contribution >= 4 is 23.2 Å². The molecule has 0 bridgehead atoms. The molecule has 0 aromatic carbocycles. The Morgan fingerprint density at radius 3 is 2.71 bits per heavy atom. The molecule has 1 unspecified atom stereocenters. The molecule has 1 heterocycles. The maximum atomic E-state index is 12.1. The Morgan fingerprint density at radius 2 is 2.14 bits per heavy atom. The molecule has 21 heavy (non-hydrogen) atoms. The summed E-state index contributed by atoms with van der Waals surface area (Å²) < 4.78 is 0. The molecule has 1 aromatic heterocycles. The standard InChI is InChI=1S/C15H22N2O3S/c1-11(13-16-7-8-21-13)10-17-12(18)9-15(14(19)20)5-3-2-4-6-15/h7-8,11H,2-6,9-10H2,1H3,(H,17,18)(H,19,20). The molecule has 1 atom stereocenters. The second-order valence-electron chi connectivity index (χ2n) is 5.90. The lowest BCUT2D eigenvalue weighted by molar-refractivity contribution is -0.154. The van der Waals surface area contributed by atoms with Crippen molar-refractivity contribution < 1.29 is 14.7 Å². The lowest BCUT2D eigenvalue weighted by atomic mass is 9.71. The molecule has 0 spiro atoms. The highest BCUT2D eigenvalue weighted by Gasteiger charge is 2.41. The second kappa shape index (κ2) is 7.02. The zero-order valence-corrected chi connectivity index (χ0v) is 13.1. The fourth-order valence-electron chi connectivity index (χ4n) is 2.90. The molecule has 1 amide bonds. The molecule has 1 fully saturated rings. The first kappa shape index (κ1) is 15.9. The highest BCUT2D eigenvalue weighted by Crippen LogP contribution is 2.39. The van der Waals surface area contributed by atoms with Gasteiger partial charge in [0, 0.05) is 30.5 Å². The van der Waals surface area contributed by atoms with Gasteiger partial charge in [-0.25, -0.2) is 4.98 Å². The van der Waals surface area contributed by atoms with E-state index in [-0.39, 0.29) is 18.2 Å². The first-order valence-electron chi connectivity index (χ1n) is 7.43. The fraction of sp³-hybridized carbons (Fsp3) is 0.667. The summed E-state index contributed by atoms with van der Waals surface area (Å²) in [5, 5.41) is 15.2. The third-order valence-electron chi connectivity index (χ3n) is 4.24. The van der Waals surface area contributed by atoms with Crippen molar-refractivity contribution in [3.8, 4) is 0 Å². The van der Waals surface area contributed by atoms with Crippen molar-refractivity contribution in [1.29, 1.82) is 0 Å². The van der Waals surface area contributed by atoms with Crippen LogP contribution in [-0.4, -0.2) is 28.5 Å². The van der Waals surface area contributed by atoms with Gasteiger partial charge in [-0.3, -0.25) is 9.59 Å². The van der Waals surface area contributed by atoms with Gasteiger partial charge in [0.1, 0.15) is 0 Å². The van der Waals surface area contributed by atoms with E-state index in [9.17, 15) is 14.7 Å². The van der Waals surface area contributed by atoms with Crippen LogP contribution in [0.4, 0.5) is 0 Å². The number of carbonyl (C=O) groups excluding carboxylic acids is 1. The quantitative estimate of drug-likeness (QED) is 0.847. The number of aromatic nitrogens is 1. The molecule has 2 N–H and O–H groups in total. The van der Waals surface area contributed by atoms with Crippen LogP contribution in [0.25, 0.3) is 0 Å². The molecule has 1 saturated carbocycles. The van der Waals surface area contributed by atoms with Crippen LogP contribution in [0.2, 0.25) is 0 Å². The number of hydrogen-bond donors (Lipinski definition) is 2. The number of carboxylic acids is 1. The number of nitrogens with one attached hydrogen (secondary N) is 1. The zero-order chi connectivity index (χ0) is 15.3. The largest absolute Gasteiger partial charge is 0.481 e. The molecule has 2 rings (SSSR count). The van der Waals surface area contributed by atoms with Crippen molar-refractivity contribution in [2.75, 3.05) is 6.54 Å². The van der Waals surface area contributed by atoms with Crippen LogP contribution in [0.15, 0.2) is 11.6 Å². The summed E-state index contributed by atoms with van der Waals surface area (Å²) in [6.45, 7) is 2.51. The smallest absolute Gasteiger partial charge is 0.310 e. The van der Waals surface area contributed by atoms with E-state index >= 15 is 0 Å². The topological polar surface area (TPSA) is 79.3 Å². The summed E-state index contributed by atoms with van der Waals surface area (Å²) in [7, 11) is 0. The first-order valence-corrected chi connectivity index (χ1v) is 8.31. The molecule has 5 nitrogen and oxygen atoms in total. The number of thiazole rings is 1. The average Bonchev–Trinajstić information content (AvgIpc) is 3.00. The van der Waals surface area contributed by atoms with Crippen molar-refractivity contribution in [2.45, 2.75) is 51.4 Å². The van der Waals surface area contributed by atoms with Crippen LogP contribution in [0, 0.1) is 5.41 Å². The molecule has 116 valence electrons. The van der Waals surface area contributed by atoms with E-state index in [1.54, 1.807) is 17.5 Å². The van der Waals surface area contributed by atoms with Crippen molar-refractivity contribution in [2.24, 2.45) is 5.41 Å². The third-order valence-corrected chi connectivity index (χ3v) is 5.25. The molecule has 0 saturated heterocycles. The molecule has 1 aromatic rings. The maximum Gasteiger partial charge on any atom is 0.310 e. The molecular weight excluding hydrogens is 288 g/mol. The monoisotopic (exact) mass is 310 g/mol. The van der Waals surface area contributed by atoms with Gasteiger partial charge in [0.15, 0.2) is 0 Å². The predicted octanol–water partition coefficient (Wildman–Crippen LogP) is 2.79. The van der Waals surface area contributed by atoms with E-state index in [2.05, 4.69) is 10.3 Å². The van der Waals surface area contributed by atoms with Gasteiger partial charge in [-0.2, -0.15) is 0 Å². The number of nitrogens with zero attached hydrogens (tertiary/aromatic N) is 1. The Balaban J connectivity index is 1.86. The van der Waals surface area contributed by atoms with Crippen molar-refractivity contribution in [3.05, 3.63) is 16.6 Å².